The van der Waals surface area contributed by atoms with Crippen LogP contribution in [0.3, 0.4) is 0 Å². The van der Waals surface area contributed by atoms with E-state index in [9.17, 15) is 0 Å². The molecule has 0 aliphatic heterocycles. The molecule has 1 aromatic heterocycles. The normalized spacial score (nSPS) is 18.0. The monoisotopic (exact) mass is 239 g/mol. The number of rotatable bonds is 1. The van der Waals surface area contributed by atoms with E-state index in [0.29, 0.717) is 0 Å². The first-order chi connectivity index (χ1) is 6.25. The Morgan fingerprint density at radius 2 is 2.00 bits per heavy atom. The van der Waals surface area contributed by atoms with Crippen molar-refractivity contribution >= 4 is 15.9 Å². The molecular formula is C11H14BrN. The summed E-state index contributed by atoms with van der Waals surface area (Å²) >= 11 is 3.52. The lowest BCUT2D eigenvalue weighted by Crippen LogP contribution is -1.97. The third kappa shape index (κ3) is 2.11. The summed E-state index contributed by atoms with van der Waals surface area (Å²) in [6.45, 7) is 2.06. The summed E-state index contributed by atoms with van der Waals surface area (Å²) in [5.74, 6) is 0.719. The molecule has 2 rings (SSSR count). The predicted molar refractivity (Wildman–Crippen MR) is 57.9 cm³/mol. The van der Waals surface area contributed by atoms with Crippen LogP contribution in [0.4, 0.5) is 0 Å². The number of hydrogen-bond donors (Lipinski definition) is 0. The van der Waals surface area contributed by atoms with Crippen molar-refractivity contribution in [2.75, 3.05) is 0 Å². The highest BCUT2D eigenvalue weighted by molar-refractivity contribution is 9.10. The zero-order valence-corrected chi connectivity index (χ0v) is 9.47. The SMILES string of the molecule is Cc1cc(Br)cc(C2CCCC2)n1. The number of nitrogens with zero attached hydrogens (tertiary/aromatic N) is 1. The average Bonchev–Trinajstić information content (AvgIpc) is 2.53. The molecule has 1 heterocycles. The minimum absolute atomic E-state index is 0.719. The number of aryl methyl sites for hydroxylation is 1. The Labute approximate surface area is 87.7 Å². The third-order valence-electron chi connectivity index (χ3n) is 2.71. The Kier molecular flexibility index (Phi) is 2.68. The van der Waals surface area contributed by atoms with Crippen LogP contribution in [0.5, 0.6) is 0 Å². The van der Waals surface area contributed by atoms with Gasteiger partial charge in [0.15, 0.2) is 0 Å². The Morgan fingerprint density at radius 1 is 1.31 bits per heavy atom. The lowest BCUT2D eigenvalue weighted by Gasteiger charge is -2.09. The summed E-state index contributed by atoms with van der Waals surface area (Å²) in [4.78, 5) is 4.59. The molecular weight excluding hydrogens is 226 g/mol. The van der Waals surface area contributed by atoms with Crippen LogP contribution < -0.4 is 0 Å². The highest BCUT2D eigenvalue weighted by atomic mass is 79.9. The Bertz CT molecular complexity index is 283. The molecule has 0 spiro atoms. The van der Waals surface area contributed by atoms with E-state index in [1.54, 1.807) is 0 Å². The summed E-state index contributed by atoms with van der Waals surface area (Å²) in [5.41, 5.74) is 2.40. The van der Waals surface area contributed by atoms with E-state index in [1.165, 1.54) is 35.8 Å². The molecule has 0 unspecified atom stereocenters. The van der Waals surface area contributed by atoms with E-state index < -0.39 is 0 Å². The number of hydrogen-bond acceptors (Lipinski definition) is 1. The molecule has 0 aromatic carbocycles. The third-order valence-corrected chi connectivity index (χ3v) is 3.17. The Morgan fingerprint density at radius 3 is 2.62 bits per heavy atom. The minimum atomic E-state index is 0.719. The quantitative estimate of drug-likeness (QED) is 0.727. The number of aromatic nitrogens is 1. The van der Waals surface area contributed by atoms with Crippen LogP contribution in [0.15, 0.2) is 16.6 Å². The molecule has 1 aromatic rings. The van der Waals surface area contributed by atoms with E-state index in [2.05, 4.69) is 40.0 Å². The second-order valence-corrected chi connectivity index (χ2v) is 4.75. The van der Waals surface area contributed by atoms with E-state index in [1.807, 2.05) is 0 Å². The molecule has 1 nitrogen and oxygen atoms in total. The Hall–Kier alpha value is -0.370. The lowest BCUT2D eigenvalue weighted by atomic mass is 10.0. The van der Waals surface area contributed by atoms with Gasteiger partial charge in [0.05, 0.1) is 0 Å². The van der Waals surface area contributed by atoms with E-state index >= 15 is 0 Å². The van der Waals surface area contributed by atoms with Gasteiger partial charge in [0.1, 0.15) is 0 Å². The lowest BCUT2D eigenvalue weighted by molar-refractivity contribution is 0.693. The van der Waals surface area contributed by atoms with Gasteiger partial charge in [-0.3, -0.25) is 4.98 Å². The van der Waals surface area contributed by atoms with E-state index in [4.69, 9.17) is 0 Å². The molecule has 70 valence electrons. The fourth-order valence-electron chi connectivity index (χ4n) is 2.08. The number of pyridine rings is 1. The molecule has 0 amide bonds. The van der Waals surface area contributed by atoms with Gasteiger partial charge >= 0.3 is 0 Å². The summed E-state index contributed by atoms with van der Waals surface area (Å²) in [6, 6.07) is 4.24. The first kappa shape index (κ1) is 9.20. The van der Waals surface area contributed by atoms with Crippen LogP contribution in [0.2, 0.25) is 0 Å². The van der Waals surface area contributed by atoms with Crippen molar-refractivity contribution in [1.29, 1.82) is 0 Å². The zero-order valence-electron chi connectivity index (χ0n) is 7.89. The van der Waals surface area contributed by atoms with Crippen molar-refractivity contribution in [3.8, 4) is 0 Å². The standard InChI is InChI=1S/C11H14BrN/c1-8-6-10(12)7-11(13-8)9-4-2-3-5-9/h6-7,9H,2-5H2,1H3. The van der Waals surface area contributed by atoms with Gasteiger partial charge in [-0.1, -0.05) is 28.8 Å². The highest BCUT2D eigenvalue weighted by Crippen LogP contribution is 2.33. The molecule has 2 heteroatoms. The van der Waals surface area contributed by atoms with Crippen LogP contribution in [0.1, 0.15) is 43.0 Å². The van der Waals surface area contributed by atoms with Crippen molar-refractivity contribution in [1.82, 2.24) is 4.98 Å². The van der Waals surface area contributed by atoms with E-state index in [-0.39, 0.29) is 0 Å². The van der Waals surface area contributed by atoms with E-state index in [0.717, 1.165) is 11.6 Å². The van der Waals surface area contributed by atoms with Crippen molar-refractivity contribution in [2.45, 2.75) is 38.5 Å². The van der Waals surface area contributed by atoms with Gasteiger partial charge in [-0.25, -0.2) is 0 Å². The summed E-state index contributed by atoms with van der Waals surface area (Å²) in [7, 11) is 0. The maximum atomic E-state index is 4.59. The molecule has 1 fully saturated rings. The smallest absolute Gasteiger partial charge is 0.0448 e. The van der Waals surface area contributed by atoms with Crippen molar-refractivity contribution in [3.05, 3.63) is 28.0 Å². The average molecular weight is 240 g/mol. The van der Waals surface area contributed by atoms with Gasteiger partial charge in [-0.05, 0) is 31.9 Å². The fraction of sp³-hybridized carbons (Fsp3) is 0.545. The van der Waals surface area contributed by atoms with Gasteiger partial charge in [0, 0.05) is 21.8 Å². The highest BCUT2D eigenvalue weighted by Gasteiger charge is 2.18. The molecule has 0 bridgehead atoms. The minimum Gasteiger partial charge on any atom is -0.258 e. The Balaban J connectivity index is 2.28. The molecule has 1 aliphatic rings. The van der Waals surface area contributed by atoms with Gasteiger partial charge in [0.2, 0.25) is 0 Å². The largest absolute Gasteiger partial charge is 0.258 e. The number of halogens is 1. The first-order valence-corrected chi connectivity index (χ1v) is 5.69. The predicted octanol–water partition coefficient (Wildman–Crippen LogP) is 3.81. The topological polar surface area (TPSA) is 12.9 Å². The van der Waals surface area contributed by atoms with Crippen LogP contribution in [0, 0.1) is 6.92 Å². The summed E-state index contributed by atoms with van der Waals surface area (Å²) in [5, 5.41) is 0. The summed E-state index contributed by atoms with van der Waals surface area (Å²) < 4.78 is 1.17. The summed E-state index contributed by atoms with van der Waals surface area (Å²) in [6.07, 6.45) is 5.39. The van der Waals surface area contributed by atoms with Crippen LogP contribution in [-0.4, -0.2) is 4.98 Å². The molecule has 13 heavy (non-hydrogen) atoms. The molecule has 1 saturated carbocycles. The second-order valence-electron chi connectivity index (χ2n) is 3.83. The van der Waals surface area contributed by atoms with Crippen LogP contribution >= 0.6 is 15.9 Å². The first-order valence-electron chi connectivity index (χ1n) is 4.90. The molecule has 0 atom stereocenters. The van der Waals surface area contributed by atoms with Gasteiger partial charge in [-0.2, -0.15) is 0 Å². The fourth-order valence-corrected chi connectivity index (χ4v) is 2.65. The van der Waals surface area contributed by atoms with Crippen molar-refractivity contribution < 1.29 is 0 Å². The van der Waals surface area contributed by atoms with Gasteiger partial charge < -0.3 is 0 Å². The van der Waals surface area contributed by atoms with Crippen LogP contribution in [0.25, 0.3) is 0 Å². The van der Waals surface area contributed by atoms with Gasteiger partial charge in [-0.15, -0.1) is 0 Å². The molecule has 0 radical (unpaired) electrons. The zero-order chi connectivity index (χ0) is 9.26. The van der Waals surface area contributed by atoms with Crippen molar-refractivity contribution in [2.24, 2.45) is 0 Å². The maximum Gasteiger partial charge on any atom is 0.0448 e. The molecule has 0 N–H and O–H groups in total. The van der Waals surface area contributed by atoms with Crippen LogP contribution in [-0.2, 0) is 0 Å². The maximum absolute atomic E-state index is 4.59. The molecule has 1 aliphatic carbocycles. The molecule has 0 saturated heterocycles. The van der Waals surface area contributed by atoms with Crippen molar-refractivity contribution in [3.63, 3.8) is 0 Å². The van der Waals surface area contributed by atoms with Gasteiger partial charge in [0.25, 0.3) is 0 Å². The second kappa shape index (κ2) is 3.79.